The number of aromatic nitrogens is 1. The minimum absolute atomic E-state index is 0.114. The zero-order valence-corrected chi connectivity index (χ0v) is 15.5. The van der Waals surface area contributed by atoms with Gasteiger partial charge in [-0.25, -0.2) is 13.2 Å². The van der Waals surface area contributed by atoms with Gasteiger partial charge in [-0.15, -0.1) is 0 Å². The van der Waals surface area contributed by atoms with Crippen LogP contribution in [-0.2, 0) is 14.6 Å². The normalized spacial score (nSPS) is 13.1. The Balaban J connectivity index is 2.41. The quantitative estimate of drug-likeness (QED) is 0.901. The predicted molar refractivity (Wildman–Crippen MR) is 94.7 cm³/mol. The van der Waals surface area contributed by atoms with Crippen molar-refractivity contribution in [3.05, 3.63) is 59.9 Å². The molecule has 1 aromatic carbocycles. The Labute approximate surface area is 148 Å². The van der Waals surface area contributed by atoms with Gasteiger partial charge in [0, 0.05) is 18.0 Å². The van der Waals surface area contributed by atoms with Crippen molar-refractivity contribution in [2.75, 3.05) is 0 Å². The van der Waals surface area contributed by atoms with E-state index in [4.69, 9.17) is 4.74 Å². The van der Waals surface area contributed by atoms with Crippen molar-refractivity contribution in [3.63, 3.8) is 0 Å². The number of nitrogens with zero attached hydrogens (tertiary/aromatic N) is 1. The number of alkyl carbamates (subject to hydrolysis) is 1. The molecule has 2 rings (SSSR count). The fourth-order valence-corrected chi connectivity index (χ4v) is 3.69. The molecule has 1 amide bonds. The molecule has 0 saturated carbocycles. The third-order valence-electron chi connectivity index (χ3n) is 3.29. The van der Waals surface area contributed by atoms with Crippen LogP contribution in [0.2, 0.25) is 0 Å². The molecule has 0 aliphatic rings. The van der Waals surface area contributed by atoms with E-state index in [-0.39, 0.29) is 4.90 Å². The van der Waals surface area contributed by atoms with E-state index in [0.717, 1.165) is 5.56 Å². The van der Waals surface area contributed by atoms with E-state index >= 15 is 0 Å². The van der Waals surface area contributed by atoms with E-state index in [0.29, 0.717) is 5.56 Å². The lowest BCUT2D eigenvalue weighted by Crippen LogP contribution is -2.38. The lowest BCUT2D eigenvalue weighted by molar-refractivity contribution is 0.0519. The van der Waals surface area contributed by atoms with Crippen molar-refractivity contribution < 1.29 is 17.9 Å². The average Bonchev–Trinajstić information content (AvgIpc) is 2.52. The molecule has 0 fully saturated rings. The van der Waals surface area contributed by atoms with Crippen LogP contribution in [0.15, 0.2) is 53.7 Å². The van der Waals surface area contributed by atoms with Crippen molar-refractivity contribution in [2.24, 2.45) is 0 Å². The Kier molecular flexibility index (Phi) is 5.47. The van der Waals surface area contributed by atoms with Crippen molar-refractivity contribution in [3.8, 4) is 0 Å². The van der Waals surface area contributed by atoms with Crippen LogP contribution in [0.1, 0.15) is 37.3 Å². The summed E-state index contributed by atoms with van der Waals surface area (Å²) in [7, 11) is -3.87. The van der Waals surface area contributed by atoms with Crippen molar-refractivity contribution in [1.82, 2.24) is 10.3 Å². The first-order chi connectivity index (χ1) is 11.6. The number of aryl methyl sites for hydroxylation is 1. The summed E-state index contributed by atoms with van der Waals surface area (Å²) in [6.07, 6.45) is 2.14. The summed E-state index contributed by atoms with van der Waals surface area (Å²) in [4.78, 5) is 16.2. The van der Waals surface area contributed by atoms with E-state index in [2.05, 4.69) is 10.3 Å². The highest BCUT2D eigenvalue weighted by Crippen LogP contribution is 2.27. The molecule has 134 valence electrons. The van der Waals surface area contributed by atoms with Crippen LogP contribution in [-0.4, -0.2) is 25.1 Å². The fraction of sp³-hybridized carbons (Fsp3) is 0.333. The van der Waals surface area contributed by atoms with Gasteiger partial charge in [-0.1, -0.05) is 23.8 Å². The van der Waals surface area contributed by atoms with E-state index in [1.807, 2.05) is 6.92 Å². The molecule has 0 radical (unpaired) electrons. The Morgan fingerprint density at radius 1 is 1.16 bits per heavy atom. The molecule has 0 bridgehead atoms. The molecular formula is C18H22N2O4S. The molecule has 7 heteroatoms. The summed E-state index contributed by atoms with van der Waals surface area (Å²) in [5, 5.41) is 1.16. The van der Waals surface area contributed by atoms with Crippen LogP contribution < -0.4 is 5.32 Å². The largest absolute Gasteiger partial charge is 0.444 e. The topological polar surface area (TPSA) is 85.4 Å². The smallest absolute Gasteiger partial charge is 0.408 e. The van der Waals surface area contributed by atoms with Gasteiger partial charge in [-0.3, -0.25) is 4.98 Å². The zero-order chi connectivity index (χ0) is 18.7. The summed E-state index contributed by atoms with van der Waals surface area (Å²) >= 11 is 0. The maximum atomic E-state index is 13.0. The maximum Gasteiger partial charge on any atom is 0.408 e. The summed E-state index contributed by atoms with van der Waals surface area (Å²) in [6, 6.07) is 9.67. The maximum absolute atomic E-state index is 13.0. The highest BCUT2D eigenvalue weighted by Gasteiger charge is 2.32. The molecular weight excluding hydrogens is 340 g/mol. The van der Waals surface area contributed by atoms with Gasteiger partial charge in [0.25, 0.3) is 0 Å². The Hall–Kier alpha value is -2.41. The summed E-state index contributed by atoms with van der Waals surface area (Å²) < 4.78 is 31.3. The molecule has 0 saturated heterocycles. The highest BCUT2D eigenvalue weighted by molar-refractivity contribution is 7.91. The number of hydrogen-bond donors (Lipinski definition) is 1. The fourth-order valence-electron chi connectivity index (χ4n) is 2.15. The number of nitrogens with one attached hydrogen (secondary N) is 1. The number of ether oxygens (including phenoxy) is 1. The van der Waals surface area contributed by atoms with E-state index < -0.39 is 26.9 Å². The molecule has 2 aromatic rings. The zero-order valence-electron chi connectivity index (χ0n) is 14.7. The van der Waals surface area contributed by atoms with Crippen molar-refractivity contribution in [2.45, 2.75) is 43.6 Å². The van der Waals surface area contributed by atoms with Crippen LogP contribution in [0, 0.1) is 6.92 Å². The average molecular weight is 362 g/mol. The standard InChI is InChI=1S/C18H22N2O4S/c1-13-7-9-15(10-8-13)25(22,23)16(14-6-5-11-19-12-14)20-17(21)24-18(2,3)4/h5-12,16H,1-4H3,(H,20,21). The third-order valence-corrected chi connectivity index (χ3v) is 5.23. The number of rotatable bonds is 4. The minimum Gasteiger partial charge on any atom is -0.444 e. The number of carbonyl (C=O) groups excluding carboxylic acids is 1. The highest BCUT2D eigenvalue weighted by atomic mass is 32.2. The number of pyridine rings is 1. The van der Waals surface area contributed by atoms with Crippen LogP contribution in [0.5, 0.6) is 0 Å². The van der Waals surface area contributed by atoms with Crippen molar-refractivity contribution >= 4 is 15.9 Å². The van der Waals surface area contributed by atoms with Gasteiger partial charge >= 0.3 is 6.09 Å². The van der Waals surface area contributed by atoms with Gasteiger partial charge in [0.15, 0.2) is 5.37 Å². The molecule has 1 unspecified atom stereocenters. The first kappa shape index (κ1) is 18.9. The summed E-state index contributed by atoms with van der Waals surface area (Å²) in [5.74, 6) is 0. The third kappa shape index (κ3) is 5.03. The number of benzene rings is 1. The summed E-state index contributed by atoms with van der Waals surface area (Å²) in [5.41, 5.74) is 0.558. The lowest BCUT2D eigenvalue weighted by atomic mass is 10.2. The molecule has 1 N–H and O–H groups in total. The van der Waals surface area contributed by atoms with Crippen molar-refractivity contribution in [1.29, 1.82) is 0 Å². The second-order valence-electron chi connectivity index (χ2n) is 6.67. The van der Waals surface area contributed by atoms with Crippen LogP contribution in [0.3, 0.4) is 0 Å². The van der Waals surface area contributed by atoms with E-state index in [9.17, 15) is 13.2 Å². The second kappa shape index (κ2) is 7.23. The lowest BCUT2D eigenvalue weighted by Gasteiger charge is -2.24. The molecule has 1 aromatic heterocycles. The van der Waals surface area contributed by atoms with Crippen LogP contribution in [0.4, 0.5) is 4.79 Å². The Morgan fingerprint density at radius 2 is 1.80 bits per heavy atom. The van der Waals surface area contributed by atoms with Gasteiger partial charge in [0.2, 0.25) is 9.84 Å². The van der Waals surface area contributed by atoms with Gasteiger partial charge < -0.3 is 10.1 Å². The molecule has 1 heterocycles. The second-order valence-corrected chi connectivity index (χ2v) is 8.70. The SMILES string of the molecule is Cc1ccc(S(=O)(=O)C(NC(=O)OC(C)(C)C)c2cccnc2)cc1. The van der Waals surface area contributed by atoms with Gasteiger partial charge in [0.1, 0.15) is 5.60 Å². The molecule has 0 aliphatic heterocycles. The van der Waals surface area contributed by atoms with Crippen LogP contribution in [0.25, 0.3) is 0 Å². The monoisotopic (exact) mass is 362 g/mol. The molecule has 1 atom stereocenters. The first-order valence-electron chi connectivity index (χ1n) is 7.79. The molecule has 0 spiro atoms. The van der Waals surface area contributed by atoms with Gasteiger partial charge in [-0.05, 0) is 45.9 Å². The minimum atomic E-state index is -3.87. The molecule has 0 aliphatic carbocycles. The number of amides is 1. The number of hydrogen-bond acceptors (Lipinski definition) is 5. The van der Waals surface area contributed by atoms with E-state index in [1.54, 1.807) is 45.0 Å². The Bertz CT molecular complexity index is 826. The first-order valence-corrected chi connectivity index (χ1v) is 9.34. The van der Waals surface area contributed by atoms with Gasteiger partial charge in [-0.2, -0.15) is 0 Å². The number of carbonyl (C=O) groups is 1. The molecule has 6 nitrogen and oxygen atoms in total. The number of sulfone groups is 1. The van der Waals surface area contributed by atoms with E-state index in [1.165, 1.54) is 24.5 Å². The van der Waals surface area contributed by atoms with Crippen LogP contribution >= 0.6 is 0 Å². The van der Waals surface area contributed by atoms with Gasteiger partial charge in [0.05, 0.1) is 4.90 Å². The summed E-state index contributed by atoms with van der Waals surface area (Å²) in [6.45, 7) is 6.99. The Morgan fingerprint density at radius 3 is 2.32 bits per heavy atom. The molecule has 25 heavy (non-hydrogen) atoms. The predicted octanol–water partition coefficient (Wildman–Crippen LogP) is 3.39.